The highest BCUT2D eigenvalue weighted by atomic mass is 32.1. The van der Waals surface area contributed by atoms with Gasteiger partial charge in [-0.3, -0.25) is 14.5 Å². The van der Waals surface area contributed by atoms with Crippen molar-refractivity contribution in [3.63, 3.8) is 0 Å². The zero-order valence-corrected chi connectivity index (χ0v) is 14.0. The third-order valence-electron chi connectivity index (χ3n) is 3.45. The van der Waals surface area contributed by atoms with Gasteiger partial charge in [-0.15, -0.1) is 11.3 Å². The molecule has 124 valence electrons. The lowest BCUT2D eigenvalue weighted by molar-refractivity contribution is 0.0939. The van der Waals surface area contributed by atoms with Gasteiger partial charge in [0.15, 0.2) is 0 Å². The van der Waals surface area contributed by atoms with Crippen molar-refractivity contribution in [3.05, 3.63) is 56.1 Å². The number of nitrogens with zero attached hydrogens (tertiary/aromatic N) is 1. The number of aromatic nitrogens is 1. The summed E-state index contributed by atoms with van der Waals surface area (Å²) in [6.07, 6.45) is 0. The number of likely N-dealkylation sites (N-methyl/N-ethyl adjacent to an activating group) is 1. The van der Waals surface area contributed by atoms with E-state index in [4.69, 9.17) is 5.11 Å². The quantitative estimate of drug-likeness (QED) is 0.713. The fourth-order valence-corrected chi connectivity index (χ4v) is 2.94. The highest BCUT2D eigenvalue weighted by Crippen LogP contribution is 2.18. The second-order valence-electron chi connectivity index (χ2n) is 5.40. The van der Waals surface area contributed by atoms with Gasteiger partial charge >= 0.3 is 0 Å². The molecule has 0 spiro atoms. The van der Waals surface area contributed by atoms with E-state index in [1.54, 1.807) is 17.4 Å². The summed E-state index contributed by atoms with van der Waals surface area (Å²) >= 11 is 1.56. The second-order valence-corrected chi connectivity index (χ2v) is 6.38. The van der Waals surface area contributed by atoms with Gasteiger partial charge in [-0.05, 0) is 37.6 Å². The molecule has 1 amide bonds. The minimum atomic E-state index is -0.407. The number of carbonyl (C=O) groups excluding carboxylic acids is 1. The Hall–Kier alpha value is -1.96. The first kappa shape index (κ1) is 17.4. The summed E-state index contributed by atoms with van der Waals surface area (Å²) in [6, 6.07) is 6.99. The lowest BCUT2D eigenvalue weighted by atomic mass is 10.2. The SMILES string of the molecule is CC(NC(=O)c1ccc(CN(C)CCO)[nH]c1=O)c1cccs1. The minimum Gasteiger partial charge on any atom is -0.395 e. The van der Waals surface area contributed by atoms with Crippen molar-refractivity contribution in [1.82, 2.24) is 15.2 Å². The van der Waals surface area contributed by atoms with Crippen LogP contribution in [0.2, 0.25) is 0 Å². The van der Waals surface area contributed by atoms with Crippen molar-refractivity contribution in [2.75, 3.05) is 20.2 Å². The molecule has 2 rings (SSSR count). The van der Waals surface area contributed by atoms with Crippen LogP contribution in [0, 0.1) is 0 Å². The first-order valence-corrected chi connectivity index (χ1v) is 8.25. The Morgan fingerprint density at radius 3 is 2.83 bits per heavy atom. The highest BCUT2D eigenvalue weighted by Gasteiger charge is 2.15. The Morgan fingerprint density at radius 1 is 1.43 bits per heavy atom. The smallest absolute Gasteiger partial charge is 0.261 e. The molecular weight excluding hydrogens is 314 g/mol. The Kier molecular flexibility index (Phi) is 6.09. The Balaban J connectivity index is 2.05. The monoisotopic (exact) mass is 335 g/mol. The van der Waals surface area contributed by atoms with Crippen LogP contribution in [0.1, 0.15) is 33.9 Å². The average Bonchev–Trinajstić information content (AvgIpc) is 3.01. The van der Waals surface area contributed by atoms with Crippen molar-refractivity contribution in [2.24, 2.45) is 0 Å². The number of aliphatic hydroxyl groups is 1. The predicted molar refractivity (Wildman–Crippen MR) is 90.7 cm³/mol. The molecule has 1 unspecified atom stereocenters. The summed E-state index contributed by atoms with van der Waals surface area (Å²) in [5, 5.41) is 13.7. The largest absolute Gasteiger partial charge is 0.395 e. The van der Waals surface area contributed by atoms with Gasteiger partial charge in [-0.25, -0.2) is 0 Å². The number of rotatable bonds is 7. The van der Waals surface area contributed by atoms with Crippen molar-refractivity contribution < 1.29 is 9.90 Å². The maximum Gasteiger partial charge on any atom is 0.261 e. The van der Waals surface area contributed by atoms with Crippen LogP contribution in [0.3, 0.4) is 0 Å². The predicted octanol–water partition coefficient (Wildman–Crippen LogP) is 1.35. The maximum atomic E-state index is 12.2. The normalized spacial score (nSPS) is 12.3. The highest BCUT2D eigenvalue weighted by molar-refractivity contribution is 7.10. The molecule has 2 aromatic rings. The van der Waals surface area contributed by atoms with E-state index < -0.39 is 5.56 Å². The number of thiophene rings is 1. The van der Waals surface area contributed by atoms with Crippen LogP contribution in [-0.4, -0.2) is 41.1 Å². The van der Waals surface area contributed by atoms with Gasteiger partial charge in [-0.2, -0.15) is 0 Å². The molecule has 7 heteroatoms. The average molecular weight is 335 g/mol. The first-order valence-electron chi connectivity index (χ1n) is 7.37. The third-order valence-corrected chi connectivity index (χ3v) is 4.51. The number of aromatic amines is 1. The molecule has 0 aliphatic heterocycles. The van der Waals surface area contributed by atoms with E-state index in [2.05, 4.69) is 10.3 Å². The van der Waals surface area contributed by atoms with Gasteiger partial charge in [-0.1, -0.05) is 6.07 Å². The van der Waals surface area contributed by atoms with Gasteiger partial charge in [0.2, 0.25) is 0 Å². The Morgan fingerprint density at radius 2 is 2.22 bits per heavy atom. The van der Waals surface area contributed by atoms with Gasteiger partial charge in [0.25, 0.3) is 11.5 Å². The van der Waals surface area contributed by atoms with E-state index in [-0.39, 0.29) is 24.1 Å². The lowest BCUT2D eigenvalue weighted by Gasteiger charge is -2.15. The van der Waals surface area contributed by atoms with E-state index in [1.165, 1.54) is 6.07 Å². The van der Waals surface area contributed by atoms with E-state index in [1.807, 2.05) is 36.4 Å². The Labute approximate surface area is 138 Å². The topological polar surface area (TPSA) is 85.4 Å². The maximum absolute atomic E-state index is 12.2. The van der Waals surface area contributed by atoms with Crippen molar-refractivity contribution in [3.8, 4) is 0 Å². The van der Waals surface area contributed by atoms with E-state index in [0.29, 0.717) is 18.8 Å². The number of hydrogen-bond acceptors (Lipinski definition) is 5. The number of hydrogen-bond donors (Lipinski definition) is 3. The van der Waals surface area contributed by atoms with Gasteiger partial charge in [0.1, 0.15) is 5.56 Å². The van der Waals surface area contributed by atoms with Crippen molar-refractivity contribution in [2.45, 2.75) is 19.5 Å². The molecule has 23 heavy (non-hydrogen) atoms. The van der Waals surface area contributed by atoms with Crippen LogP contribution in [-0.2, 0) is 6.54 Å². The molecule has 6 nitrogen and oxygen atoms in total. The summed E-state index contributed by atoms with van der Waals surface area (Å²) in [5.74, 6) is -0.387. The number of carbonyl (C=O) groups is 1. The summed E-state index contributed by atoms with van der Waals surface area (Å²) < 4.78 is 0. The molecule has 0 radical (unpaired) electrons. The molecule has 0 aliphatic carbocycles. The van der Waals surface area contributed by atoms with Gasteiger partial charge in [0, 0.05) is 23.7 Å². The number of nitrogens with one attached hydrogen (secondary N) is 2. The fraction of sp³-hybridized carbons (Fsp3) is 0.375. The molecule has 0 aliphatic rings. The van der Waals surface area contributed by atoms with Crippen LogP contribution in [0.15, 0.2) is 34.4 Å². The van der Waals surface area contributed by atoms with Crippen LogP contribution in [0.25, 0.3) is 0 Å². The molecule has 3 N–H and O–H groups in total. The second kappa shape index (κ2) is 8.05. The summed E-state index contributed by atoms with van der Waals surface area (Å²) in [6.45, 7) is 2.96. The summed E-state index contributed by atoms with van der Waals surface area (Å²) in [4.78, 5) is 30.0. The number of aliphatic hydroxyl groups excluding tert-OH is 1. The zero-order valence-electron chi connectivity index (χ0n) is 13.2. The van der Waals surface area contributed by atoms with E-state index in [9.17, 15) is 9.59 Å². The molecule has 0 saturated heterocycles. The number of H-pyrrole nitrogens is 1. The van der Waals surface area contributed by atoms with Crippen molar-refractivity contribution >= 4 is 17.2 Å². The van der Waals surface area contributed by atoms with E-state index in [0.717, 1.165) is 4.88 Å². The first-order chi connectivity index (χ1) is 11.0. The number of pyridine rings is 1. The lowest BCUT2D eigenvalue weighted by Crippen LogP contribution is -2.32. The van der Waals surface area contributed by atoms with Gasteiger partial charge < -0.3 is 15.4 Å². The molecule has 0 bridgehead atoms. The molecule has 2 heterocycles. The minimum absolute atomic E-state index is 0.0574. The molecule has 2 aromatic heterocycles. The fourth-order valence-electron chi connectivity index (χ4n) is 2.21. The van der Waals surface area contributed by atoms with Crippen molar-refractivity contribution in [1.29, 1.82) is 0 Å². The molecule has 0 aromatic carbocycles. The molecule has 0 fully saturated rings. The summed E-state index contributed by atoms with van der Waals surface area (Å²) in [5.41, 5.74) is 0.395. The van der Waals surface area contributed by atoms with Crippen LogP contribution >= 0.6 is 11.3 Å². The summed E-state index contributed by atoms with van der Waals surface area (Å²) in [7, 11) is 1.85. The molecule has 0 saturated carbocycles. The van der Waals surface area contributed by atoms with Crippen LogP contribution in [0.4, 0.5) is 0 Å². The standard InChI is InChI=1S/C16H21N3O3S/c1-11(14-4-3-9-23-14)17-15(21)13-6-5-12(18-16(13)22)10-19(2)7-8-20/h3-6,9,11,20H,7-8,10H2,1-2H3,(H,17,21)(H,18,22). The van der Waals surface area contributed by atoms with Crippen LogP contribution in [0.5, 0.6) is 0 Å². The molecule has 1 atom stereocenters. The van der Waals surface area contributed by atoms with Gasteiger partial charge in [0.05, 0.1) is 12.6 Å². The molecular formula is C16H21N3O3S. The zero-order chi connectivity index (χ0) is 16.8. The third kappa shape index (κ3) is 4.75. The Bertz CT molecular complexity index is 697. The van der Waals surface area contributed by atoms with E-state index >= 15 is 0 Å². The number of amides is 1. The van der Waals surface area contributed by atoms with Crippen LogP contribution < -0.4 is 10.9 Å².